The molecule has 0 fully saturated rings. The first-order valence-electron chi connectivity index (χ1n) is 5.34. The third-order valence-corrected chi connectivity index (χ3v) is 3.51. The van der Waals surface area contributed by atoms with E-state index in [0.717, 1.165) is 0 Å². The molecule has 0 saturated heterocycles. The molecule has 98 valence electrons. The zero-order valence-corrected chi connectivity index (χ0v) is 11.9. The van der Waals surface area contributed by atoms with E-state index in [0.29, 0.717) is 15.2 Å². The Bertz CT molecular complexity index is 621. The van der Waals surface area contributed by atoms with E-state index in [4.69, 9.17) is 11.6 Å². The Balaban J connectivity index is 2.05. The third-order valence-electron chi connectivity index (χ3n) is 2.30. The molecule has 0 spiro atoms. The van der Waals surface area contributed by atoms with Crippen LogP contribution in [-0.4, -0.2) is 6.03 Å². The number of amides is 2. The maximum absolute atomic E-state index is 13.3. The summed E-state index contributed by atoms with van der Waals surface area (Å²) in [7, 11) is 0. The van der Waals surface area contributed by atoms with Crippen LogP contribution in [0.1, 0.15) is 0 Å². The summed E-state index contributed by atoms with van der Waals surface area (Å²) >= 11 is 9.09. The maximum Gasteiger partial charge on any atom is 0.323 e. The molecule has 0 radical (unpaired) electrons. The van der Waals surface area contributed by atoms with Gasteiger partial charge in [-0.2, -0.15) is 0 Å². The number of carbonyl (C=O) groups excluding carboxylic acids is 1. The lowest BCUT2D eigenvalue weighted by Gasteiger charge is -2.09. The van der Waals surface area contributed by atoms with Gasteiger partial charge in [0.1, 0.15) is 5.82 Å². The fourth-order valence-electron chi connectivity index (χ4n) is 1.42. The Morgan fingerprint density at radius 2 is 1.89 bits per heavy atom. The molecule has 0 saturated carbocycles. The van der Waals surface area contributed by atoms with Crippen LogP contribution in [0.25, 0.3) is 0 Å². The number of rotatable bonds is 2. The van der Waals surface area contributed by atoms with Gasteiger partial charge in [-0.1, -0.05) is 23.7 Å². The molecule has 0 aliphatic rings. The van der Waals surface area contributed by atoms with Crippen molar-refractivity contribution in [1.82, 2.24) is 0 Å². The maximum atomic E-state index is 13.3. The van der Waals surface area contributed by atoms with E-state index in [9.17, 15) is 9.18 Å². The van der Waals surface area contributed by atoms with E-state index >= 15 is 0 Å². The molecular formula is C13H9BrClFN2O. The van der Waals surface area contributed by atoms with Gasteiger partial charge < -0.3 is 10.6 Å². The van der Waals surface area contributed by atoms with Crippen LogP contribution < -0.4 is 10.6 Å². The van der Waals surface area contributed by atoms with Crippen molar-refractivity contribution in [3.8, 4) is 0 Å². The minimum Gasteiger partial charge on any atom is -0.308 e. The highest BCUT2D eigenvalue weighted by Gasteiger charge is 2.07. The number of hydrogen-bond acceptors (Lipinski definition) is 1. The van der Waals surface area contributed by atoms with Crippen molar-refractivity contribution in [2.75, 3.05) is 10.6 Å². The highest BCUT2D eigenvalue weighted by atomic mass is 79.9. The van der Waals surface area contributed by atoms with Gasteiger partial charge in [-0.15, -0.1) is 0 Å². The standard InChI is InChI=1S/C13H9BrClFN2O/c14-9-7-8(5-6-10(9)15)17-13(19)18-12-4-2-1-3-11(12)16/h1-7H,(H2,17,18,19). The molecule has 2 aromatic rings. The molecule has 19 heavy (non-hydrogen) atoms. The van der Waals surface area contributed by atoms with Crippen LogP contribution >= 0.6 is 27.5 Å². The van der Waals surface area contributed by atoms with E-state index in [2.05, 4.69) is 26.6 Å². The molecule has 0 aromatic heterocycles. The fraction of sp³-hybridized carbons (Fsp3) is 0. The average Bonchev–Trinajstić information content (AvgIpc) is 2.37. The molecule has 2 amide bonds. The summed E-state index contributed by atoms with van der Waals surface area (Å²) in [5, 5.41) is 5.54. The second-order valence-electron chi connectivity index (χ2n) is 3.69. The van der Waals surface area contributed by atoms with Crippen LogP contribution in [0.2, 0.25) is 5.02 Å². The third kappa shape index (κ3) is 3.68. The van der Waals surface area contributed by atoms with E-state index in [1.807, 2.05) is 0 Å². The van der Waals surface area contributed by atoms with Gasteiger partial charge in [0.2, 0.25) is 0 Å². The topological polar surface area (TPSA) is 41.1 Å². The van der Waals surface area contributed by atoms with Gasteiger partial charge in [-0.05, 0) is 46.3 Å². The lowest BCUT2D eigenvalue weighted by molar-refractivity contribution is 0.262. The quantitative estimate of drug-likeness (QED) is 0.801. The number of hydrogen-bond donors (Lipinski definition) is 2. The van der Waals surface area contributed by atoms with Gasteiger partial charge in [0.15, 0.2) is 0 Å². The van der Waals surface area contributed by atoms with Gasteiger partial charge in [-0.25, -0.2) is 9.18 Å². The minimum absolute atomic E-state index is 0.119. The van der Waals surface area contributed by atoms with Gasteiger partial charge in [-0.3, -0.25) is 0 Å². The zero-order valence-electron chi connectivity index (χ0n) is 9.58. The first-order valence-corrected chi connectivity index (χ1v) is 6.51. The van der Waals surface area contributed by atoms with Crippen molar-refractivity contribution in [3.63, 3.8) is 0 Å². The molecule has 0 atom stereocenters. The van der Waals surface area contributed by atoms with Crippen molar-refractivity contribution in [2.24, 2.45) is 0 Å². The Kier molecular flexibility index (Phi) is 4.39. The van der Waals surface area contributed by atoms with Crippen LogP contribution in [0.3, 0.4) is 0 Å². The van der Waals surface area contributed by atoms with E-state index < -0.39 is 11.8 Å². The SMILES string of the molecule is O=C(Nc1ccc(Cl)c(Br)c1)Nc1ccccc1F. The summed E-state index contributed by atoms with van der Waals surface area (Å²) in [5.74, 6) is -0.491. The summed E-state index contributed by atoms with van der Waals surface area (Å²) < 4.78 is 14.0. The highest BCUT2D eigenvalue weighted by Crippen LogP contribution is 2.25. The number of benzene rings is 2. The molecule has 0 heterocycles. The number of nitrogens with one attached hydrogen (secondary N) is 2. The summed E-state index contributed by atoms with van der Waals surface area (Å²) in [4.78, 5) is 11.7. The van der Waals surface area contributed by atoms with Crippen molar-refractivity contribution < 1.29 is 9.18 Å². The number of carbonyl (C=O) groups is 1. The number of para-hydroxylation sites is 1. The molecule has 0 aliphatic carbocycles. The summed E-state index contributed by atoms with van der Waals surface area (Å²) in [6, 6.07) is 10.4. The molecule has 0 aliphatic heterocycles. The van der Waals surface area contributed by atoms with Crippen molar-refractivity contribution >= 4 is 44.9 Å². The summed E-state index contributed by atoms with van der Waals surface area (Å²) in [5.41, 5.74) is 0.665. The normalized spacial score (nSPS) is 10.1. The lowest BCUT2D eigenvalue weighted by Crippen LogP contribution is -2.20. The second-order valence-corrected chi connectivity index (χ2v) is 4.95. The molecule has 2 N–H and O–H groups in total. The summed E-state index contributed by atoms with van der Waals surface area (Å²) in [6.45, 7) is 0. The average molecular weight is 344 g/mol. The molecule has 6 heteroatoms. The van der Waals surface area contributed by atoms with Crippen molar-refractivity contribution in [3.05, 3.63) is 57.8 Å². The second kappa shape index (κ2) is 6.04. The van der Waals surface area contributed by atoms with Crippen LogP contribution in [0, 0.1) is 5.82 Å². The molecular weight excluding hydrogens is 335 g/mol. The number of anilines is 2. The van der Waals surface area contributed by atoms with E-state index in [-0.39, 0.29) is 5.69 Å². The van der Waals surface area contributed by atoms with Crippen LogP contribution in [0.5, 0.6) is 0 Å². The van der Waals surface area contributed by atoms with Gasteiger partial charge in [0.25, 0.3) is 0 Å². The minimum atomic E-state index is -0.528. The van der Waals surface area contributed by atoms with Crippen LogP contribution in [0.15, 0.2) is 46.9 Å². The van der Waals surface area contributed by atoms with E-state index in [1.165, 1.54) is 12.1 Å². The first-order chi connectivity index (χ1) is 9.06. The molecule has 2 rings (SSSR count). The zero-order chi connectivity index (χ0) is 13.8. The van der Waals surface area contributed by atoms with Gasteiger partial charge >= 0.3 is 6.03 Å². The Morgan fingerprint density at radius 3 is 2.58 bits per heavy atom. The Labute approximate surface area is 122 Å². The largest absolute Gasteiger partial charge is 0.323 e. The molecule has 0 bridgehead atoms. The van der Waals surface area contributed by atoms with Gasteiger partial charge in [0.05, 0.1) is 10.7 Å². The highest BCUT2D eigenvalue weighted by molar-refractivity contribution is 9.10. The predicted molar refractivity (Wildman–Crippen MR) is 78.2 cm³/mol. The molecule has 3 nitrogen and oxygen atoms in total. The van der Waals surface area contributed by atoms with Crippen molar-refractivity contribution in [1.29, 1.82) is 0 Å². The van der Waals surface area contributed by atoms with Crippen LogP contribution in [0.4, 0.5) is 20.6 Å². The molecule has 2 aromatic carbocycles. The fourth-order valence-corrected chi connectivity index (χ4v) is 1.92. The smallest absolute Gasteiger partial charge is 0.308 e. The van der Waals surface area contributed by atoms with E-state index in [1.54, 1.807) is 30.3 Å². The Hall–Kier alpha value is -1.59. The number of halogens is 3. The van der Waals surface area contributed by atoms with Crippen LogP contribution in [-0.2, 0) is 0 Å². The first kappa shape index (κ1) is 13.8. The summed E-state index contributed by atoms with van der Waals surface area (Å²) in [6.07, 6.45) is 0. The van der Waals surface area contributed by atoms with Crippen molar-refractivity contribution in [2.45, 2.75) is 0 Å². The number of urea groups is 1. The lowest BCUT2D eigenvalue weighted by atomic mass is 10.3. The van der Waals surface area contributed by atoms with Gasteiger partial charge in [0, 0.05) is 10.2 Å². The predicted octanol–water partition coefficient (Wildman–Crippen LogP) is 4.89. The Morgan fingerprint density at radius 1 is 1.16 bits per heavy atom. The molecule has 0 unspecified atom stereocenters. The monoisotopic (exact) mass is 342 g/mol.